The van der Waals surface area contributed by atoms with Crippen molar-refractivity contribution in [3.63, 3.8) is 0 Å². The maximum atomic E-state index is 14.6. The molecule has 0 spiro atoms. The van der Waals surface area contributed by atoms with Gasteiger partial charge in [0, 0.05) is 48.6 Å². The van der Waals surface area contributed by atoms with Crippen molar-refractivity contribution in [1.82, 2.24) is 0 Å². The Bertz CT molecular complexity index is 1480. The molecule has 3 aromatic rings. The lowest BCUT2D eigenvalue weighted by Gasteiger charge is -2.31. The number of anilines is 2. The average molecular weight is 580 g/mol. The molecule has 0 atom stereocenters. The van der Waals surface area contributed by atoms with E-state index < -0.39 is 29.5 Å². The summed E-state index contributed by atoms with van der Waals surface area (Å²) in [4.78, 5) is 31.0. The van der Waals surface area contributed by atoms with E-state index in [4.69, 9.17) is 6.57 Å². The van der Waals surface area contributed by atoms with E-state index in [1.807, 2.05) is 0 Å². The summed E-state index contributed by atoms with van der Waals surface area (Å²) in [6, 6.07) is 11.3. The Kier molecular flexibility index (Phi) is 8.53. The van der Waals surface area contributed by atoms with E-state index in [-0.39, 0.29) is 34.6 Å². The van der Waals surface area contributed by atoms with Crippen LogP contribution in [-0.2, 0) is 12.1 Å². The highest BCUT2D eigenvalue weighted by Crippen LogP contribution is 2.53. The minimum atomic E-state index is -6.27. The zero-order valence-corrected chi connectivity index (χ0v) is 22.3. The number of hydrogen-bond acceptors (Lipinski definition) is 3. The number of nitrogens with zero attached hydrogens (tertiary/aromatic N) is 2. The highest BCUT2D eigenvalue weighted by atomic mass is 19.4. The van der Waals surface area contributed by atoms with Crippen molar-refractivity contribution in [2.45, 2.75) is 38.3 Å². The van der Waals surface area contributed by atoms with Crippen molar-refractivity contribution < 1.29 is 40.3 Å². The van der Waals surface area contributed by atoms with Gasteiger partial charge >= 0.3 is 18.0 Å². The zero-order valence-electron chi connectivity index (χ0n) is 22.3. The summed E-state index contributed by atoms with van der Waals surface area (Å²) in [6.45, 7) is 9.32. The topological polar surface area (TPSA) is 53.8 Å². The van der Waals surface area contributed by atoms with E-state index in [0.29, 0.717) is 34.6 Å². The fourth-order valence-electron chi connectivity index (χ4n) is 4.33. The molecule has 0 heterocycles. The maximum Gasteiger partial charge on any atom is 0.435 e. The molecule has 1 N–H and O–H groups in total. The monoisotopic (exact) mass is 579 g/mol. The van der Waals surface area contributed by atoms with E-state index in [2.05, 4.69) is 10.2 Å². The Morgan fingerprint density at radius 3 is 1.80 bits per heavy atom. The van der Waals surface area contributed by atoms with Gasteiger partial charge in [0.15, 0.2) is 11.5 Å². The quantitative estimate of drug-likeness (QED) is 0.176. The van der Waals surface area contributed by atoms with Crippen molar-refractivity contribution in [2.75, 3.05) is 24.3 Å². The molecule has 0 fully saturated rings. The first-order valence-corrected chi connectivity index (χ1v) is 12.0. The number of Topliss-reactive ketones (excluding diaryl/α,β-unsaturated/α-hetero) is 1. The molecule has 41 heavy (non-hydrogen) atoms. The number of hydrogen-bond donors (Lipinski definition) is 1. The summed E-state index contributed by atoms with van der Waals surface area (Å²) in [5.41, 5.74) is -5.88. The van der Waals surface area contributed by atoms with Crippen molar-refractivity contribution in [3.05, 3.63) is 99.4 Å². The summed E-state index contributed by atoms with van der Waals surface area (Å²) >= 11 is 0. The molecule has 0 saturated heterocycles. The molecule has 0 aromatic heterocycles. The summed E-state index contributed by atoms with van der Waals surface area (Å²) in [5, 5.41) is 2.47. The Hall–Kier alpha value is -4.40. The van der Waals surface area contributed by atoms with Crippen molar-refractivity contribution in [3.8, 4) is 0 Å². The first-order chi connectivity index (χ1) is 18.9. The number of carbonyl (C=O) groups excluding carboxylic acids is 2. The fraction of sp³-hybridized carbons (Fsp3) is 0.276. The van der Waals surface area contributed by atoms with E-state index in [0.717, 1.165) is 13.8 Å². The second-order valence-electron chi connectivity index (χ2n) is 9.59. The van der Waals surface area contributed by atoms with Gasteiger partial charge in [-0.25, -0.2) is 9.24 Å². The minimum Gasteiger partial charge on any atom is -0.377 e. The largest absolute Gasteiger partial charge is 0.435 e. The Morgan fingerprint density at radius 2 is 1.34 bits per heavy atom. The van der Waals surface area contributed by atoms with Crippen LogP contribution in [0.15, 0.2) is 54.6 Å². The molecule has 0 aliphatic carbocycles. The fourth-order valence-corrected chi connectivity index (χ4v) is 4.33. The molecule has 1 amide bonds. The highest BCUT2D eigenvalue weighted by Gasteiger charge is 2.73. The van der Waals surface area contributed by atoms with Crippen LogP contribution < -0.4 is 10.2 Å². The number of aryl methyl sites for hydroxylation is 2. The first kappa shape index (κ1) is 31.1. The van der Waals surface area contributed by atoms with Gasteiger partial charge < -0.3 is 10.2 Å². The molecule has 0 unspecified atom stereocenters. The van der Waals surface area contributed by atoms with Gasteiger partial charge in [0.25, 0.3) is 5.91 Å². The van der Waals surface area contributed by atoms with Gasteiger partial charge in [0.2, 0.25) is 0 Å². The average Bonchev–Trinajstić information content (AvgIpc) is 2.88. The lowest BCUT2D eigenvalue weighted by molar-refractivity contribution is -0.348. The SMILES string of the molecule is [C-]#[N+]c1ccc(C(=O)Cc2cc(C(=O)Nc3c(C)cc(C(F)(C(F)(F)F)C(F)(F)F)cc3C)ccc2N(C)C)cc1. The van der Waals surface area contributed by atoms with E-state index in [9.17, 15) is 40.3 Å². The summed E-state index contributed by atoms with van der Waals surface area (Å²) in [7, 11) is 3.46. The van der Waals surface area contributed by atoms with Crippen LogP contribution >= 0.6 is 0 Å². The normalized spacial score (nSPS) is 12.0. The van der Waals surface area contributed by atoms with Crippen LogP contribution in [-0.4, -0.2) is 38.1 Å². The molecule has 0 saturated carbocycles. The number of ketones is 1. The van der Waals surface area contributed by atoms with Gasteiger partial charge in [-0.3, -0.25) is 9.59 Å². The van der Waals surface area contributed by atoms with Gasteiger partial charge in [-0.15, -0.1) is 0 Å². The Labute approximate surface area is 231 Å². The molecule has 216 valence electrons. The maximum absolute atomic E-state index is 14.6. The smallest absolute Gasteiger partial charge is 0.377 e. The summed E-state index contributed by atoms with van der Waals surface area (Å²) in [5.74, 6) is -1.03. The lowest BCUT2D eigenvalue weighted by Crippen LogP contribution is -2.50. The predicted octanol–water partition coefficient (Wildman–Crippen LogP) is 7.89. The highest BCUT2D eigenvalue weighted by molar-refractivity contribution is 6.06. The van der Waals surface area contributed by atoms with Crippen LogP contribution in [0.1, 0.15) is 43.0 Å². The van der Waals surface area contributed by atoms with Gasteiger partial charge in [-0.2, -0.15) is 26.3 Å². The Balaban J connectivity index is 1.95. The summed E-state index contributed by atoms with van der Waals surface area (Å²) in [6.07, 6.45) is -12.6. The van der Waals surface area contributed by atoms with E-state index >= 15 is 0 Å². The van der Waals surface area contributed by atoms with Gasteiger partial charge in [-0.1, -0.05) is 36.4 Å². The zero-order chi connectivity index (χ0) is 30.9. The second kappa shape index (κ2) is 11.2. The van der Waals surface area contributed by atoms with Crippen LogP contribution in [0.3, 0.4) is 0 Å². The third kappa shape index (κ3) is 6.19. The molecule has 12 heteroatoms. The molecular weight excluding hydrogens is 555 g/mol. The van der Waals surface area contributed by atoms with Gasteiger partial charge in [-0.05, 0) is 48.7 Å². The molecule has 3 aromatic carbocycles. The first-order valence-electron chi connectivity index (χ1n) is 12.0. The van der Waals surface area contributed by atoms with Crippen molar-refractivity contribution in [1.29, 1.82) is 0 Å². The van der Waals surface area contributed by atoms with Gasteiger partial charge in [0.05, 0.1) is 6.57 Å². The Morgan fingerprint density at radius 1 is 0.829 bits per heavy atom. The van der Waals surface area contributed by atoms with Crippen LogP contribution in [0.2, 0.25) is 0 Å². The van der Waals surface area contributed by atoms with Crippen LogP contribution in [0.4, 0.5) is 47.8 Å². The third-order valence-corrected chi connectivity index (χ3v) is 6.44. The lowest BCUT2D eigenvalue weighted by atomic mass is 9.90. The van der Waals surface area contributed by atoms with Crippen molar-refractivity contribution in [2.24, 2.45) is 0 Å². The third-order valence-electron chi connectivity index (χ3n) is 6.44. The molecule has 0 aliphatic heterocycles. The molecule has 0 bridgehead atoms. The summed E-state index contributed by atoms with van der Waals surface area (Å²) < 4.78 is 94.0. The van der Waals surface area contributed by atoms with E-state index in [1.165, 1.54) is 36.4 Å². The number of nitrogens with one attached hydrogen (secondary N) is 1. The second-order valence-corrected chi connectivity index (χ2v) is 9.59. The number of benzene rings is 3. The van der Waals surface area contributed by atoms with Gasteiger partial charge in [0.1, 0.15) is 0 Å². The van der Waals surface area contributed by atoms with Crippen LogP contribution in [0.25, 0.3) is 4.85 Å². The number of rotatable bonds is 7. The van der Waals surface area contributed by atoms with Crippen LogP contribution in [0.5, 0.6) is 0 Å². The van der Waals surface area contributed by atoms with Crippen molar-refractivity contribution >= 4 is 28.8 Å². The number of halogens is 7. The minimum absolute atomic E-state index is 0.0649. The molecule has 5 nitrogen and oxygen atoms in total. The van der Waals surface area contributed by atoms with Crippen LogP contribution in [0, 0.1) is 20.4 Å². The molecular formula is C29H24F7N3O2. The molecule has 0 aliphatic rings. The number of amides is 1. The number of alkyl halides is 7. The number of carbonyl (C=O) groups is 2. The molecule has 0 radical (unpaired) electrons. The standard InChI is InChI=1S/C29H24F7N3O2/c1-16-12-21(27(30,28(31,32)33)29(34,35)36)13-17(2)25(16)38-26(41)19-8-11-23(39(4)5)20(14-19)15-24(40)18-6-9-22(37-3)10-7-18/h6-14H,15H2,1-2,4-5H3,(H,38,41). The predicted molar refractivity (Wildman–Crippen MR) is 140 cm³/mol. The van der Waals surface area contributed by atoms with E-state index in [1.54, 1.807) is 25.1 Å². The molecule has 3 rings (SSSR count).